The number of rotatable bonds is 5. The molecule has 4 aromatic rings. The highest BCUT2D eigenvalue weighted by Crippen LogP contribution is 2.27. The molecule has 0 bridgehead atoms. The Morgan fingerprint density at radius 3 is 2.69 bits per heavy atom. The monoisotopic (exact) mass is 365 g/mol. The van der Waals surface area contributed by atoms with Gasteiger partial charge in [0.1, 0.15) is 17.1 Å². The van der Waals surface area contributed by atoms with Crippen LogP contribution in [0.2, 0.25) is 0 Å². The molecule has 6 nitrogen and oxygen atoms in total. The van der Waals surface area contributed by atoms with Crippen LogP contribution in [0.15, 0.2) is 52.1 Å². The lowest BCUT2D eigenvalue weighted by molar-refractivity contribution is 0.474. The summed E-state index contributed by atoms with van der Waals surface area (Å²) in [7, 11) is 0. The molecule has 0 saturated heterocycles. The molecule has 0 aliphatic heterocycles. The van der Waals surface area contributed by atoms with Gasteiger partial charge >= 0.3 is 0 Å². The van der Waals surface area contributed by atoms with Crippen LogP contribution in [-0.2, 0) is 6.54 Å². The van der Waals surface area contributed by atoms with Gasteiger partial charge in [-0.05, 0) is 42.8 Å². The van der Waals surface area contributed by atoms with E-state index in [-0.39, 0.29) is 17.1 Å². The van der Waals surface area contributed by atoms with Gasteiger partial charge in [0.15, 0.2) is 0 Å². The zero-order valence-electron chi connectivity index (χ0n) is 13.9. The highest BCUT2D eigenvalue weighted by atomic mass is 32.1. The van der Waals surface area contributed by atoms with Crippen molar-refractivity contribution in [2.75, 3.05) is 10.6 Å². The van der Waals surface area contributed by atoms with Crippen molar-refractivity contribution in [2.45, 2.75) is 13.5 Å². The van der Waals surface area contributed by atoms with E-state index in [1.54, 1.807) is 29.5 Å². The third-order valence-electron chi connectivity index (χ3n) is 4.05. The van der Waals surface area contributed by atoms with E-state index in [0.717, 1.165) is 20.8 Å². The van der Waals surface area contributed by atoms with Crippen LogP contribution in [0, 0.1) is 6.92 Å². The summed E-state index contributed by atoms with van der Waals surface area (Å²) in [5.74, 6) is 0.152. The van der Waals surface area contributed by atoms with Crippen molar-refractivity contribution in [3.8, 4) is 5.75 Å². The fourth-order valence-electron chi connectivity index (χ4n) is 2.80. The van der Waals surface area contributed by atoms with Crippen LogP contribution in [0.3, 0.4) is 0 Å². The minimum absolute atomic E-state index is 0.152. The van der Waals surface area contributed by atoms with E-state index >= 15 is 0 Å². The second-order valence-electron chi connectivity index (χ2n) is 5.97. The summed E-state index contributed by atoms with van der Waals surface area (Å²) >= 11 is 1.60. The predicted molar refractivity (Wildman–Crippen MR) is 104 cm³/mol. The number of phenols is 1. The number of aromatic hydroxyl groups is 1. The molecule has 0 saturated carbocycles. The molecule has 3 N–H and O–H groups in total. The second kappa shape index (κ2) is 6.27. The van der Waals surface area contributed by atoms with Crippen LogP contribution < -0.4 is 21.5 Å². The number of aryl methyl sites for hydroxylation is 1. The van der Waals surface area contributed by atoms with Crippen molar-refractivity contribution >= 4 is 38.6 Å². The van der Waals surface area contributed by atoms with Crippen LogP contribution in [-0.4, -0.2) is 10.1 Å². The van der Waals surface area contributed by atoms with E-state index in [0.29, 0.717) is 12.2 Å². The molecule has 1 aromatic heterocycles. The molecule has 26 heavy (non-hydrogen) atoms. The average Bonchev–Trinajstić information content (AvgIpc) is 3.00. The summed E-state index contributed by atoms with van der Waals surface area (Å²) in [5.41, 5.74) is 1.79. The van der Waals surface area contributed by atoms with Gasteiger partial charge in [0, 0.05) is 12.2 Å². The number of hydrogen-bond donors (Lipinski definition) is 3. The smallest absolute Gasteiger partial charge is 0.253 e. The summed E-state index contributed by atoms with van der Waals surface area (Å²) in [6.45, 7) is 2.27. The lowest BCUT2D eigenvalue weighted by Gasteiger charge is -2.15. The fraction of sp³-hybridized carbons (Fsp3) is 0.105. The number of phenolic OH excluding ortho intramolecular Hbond substituents is 1. The molecule has 0 aliphatic rings. The van der Waals surface area contributed by atoms with Gasteiger partial charge in [0.25, 0.3) is 10.9 Å². The molecule has 130 valence electrons. The predicted octanol–water partition coefficient (Wildman–Crippen LogP) is 3.26. The number of thiazole rings is 1. The Bertz CT molecular complexity index is 1190. The van der Waals surface area contributed by atoms with E-state index in [1.807, 2.05) is 31.2 Å². The lowest BCUT2D eigenvalue weighted by Crippen LogP contribution is -2.36. The second-order valence-corrected chi connectivity index (χ2v) is 7.21. The molecule has 0 spiro atoms. The quantitative estimate of drug-likeness (QED) is 0.470. The molecule has 0 fully saturated rings. The third kappa shape index (κ3) is 2.93. The zero-order chi connectivity index (χ0) is 18.3. The van der Waals surface area contributed by atoms with Gasteiger partial charge in [0.05, 0.1) is 15.2 Å². The van der Waals surface area contributed by atoms with Crippen molar-refractivity contribution in [2.24, 2.45) is 0 Å². The van der Waals surface area contributed by atoms with Gasteiger partial charge in [-0.2, -0.15) is 0 Å². The Labute approximate surface area is 152 Å². The fourth-order valence-corrected chi connectivity index (χ4v) is 3.61. The summed E-state index contributed by atoms with van der Waals surface area (Å²) < 4.78 is 1.07. The Hall–Kier alpha value is -3.19. The van der Waals surface area contributed by atoms with Crippen molar-refractivity contribution < 1.29 is 5.11 Å². The summed E-state index contributed by atoms with van der Waals surface area (Å²) in [4.78, 5) is 28.3. The Morgan fingerprint density at radius 1 is 1.08 bits per heavy atom. The van der Waals surface area contributed by atoms with Crippen LogP contribution in [0.25, 0.3) is 10.2 Å². The van der Waals surface area contributed by atoms with Gasteiger partial charge in [-0.3, -0.25) is 9.59 Å². The average molecular weight is 365 g/mol. The maximum Gasteiger partial charge on any atom is 0.253 e. The molecular weight excluding hydrogens is 350 g/mol. The van der Waals surface area contributed by atoms with Gasteiger partial charge in [-0.25, -0.2) is 4.98 Å². The summed E-state index contributed by atoms with van der Waals surface area (Å²) in [6.07, 6.45) is 0. The standard InChI is InChI=1S/C19H15N3O3S/c1-10-21-14-8-12(5-6-15(14)26-10)22-17-16(18(24)19(17)25)20-9-11-3-2-4-13(23)7-11/h2-8,20,22-23H,9H2,1H3. The molecule has 0 unspecified atom stereocenters. The summed E-state index contributed by atoms with van der Waals surface area (Å²) in [5, 5.41) is 16.5. The Morgan fingerprint density at radius 2 is 1.88 bits per heavy atom. The number of nitrogens with zero attached hydrogens (tertiary/aromatic N) is 1. The number of aromatic nitrogens is 1. The first-order valence-electron chi connectivity index (χ1n) is 8.00. The Kier molecular flexibility index (Phi) is 3.93. The molecular formula is C19H15N3O3S. The van der Waals surface area contributed by atoms with Crippen molar-refractivity contribution in [3.05, 3.63) is 73.5 Å². The SMILES string of the molecule is Cc1nc2cc(Nc3c(NCc4cccc(O)c4)c(=O)c3=O)ccc2s1. The highest BCUT2D eigenvalue weighted by molar-refractivity contribution is 7.18. The first-order chi connectivity index (χ1) is 12.5. The molecule has 0 aliphatic carbocycles. The van der Waals surface area contributed by atoms with Gasteiger partial charge in [-0.1, -0.05) is 12.1 Å². The van der Waals surface area contributed by atoms with Crippen LogP contribution in [0.1, 0.15) is 10.6 Å². The van der Waals surface area contributed by atoms with Crippen molar-refractivity contribution in [1.29, 1.82) is 0 Å². The Balaban J connectivity index is 1.56. The number of nitrogens with one attached hydrogen (secondary N) is 2. The first-order valence-corrected chi connectivity index (χ1v) is 8.82. The lowest BCUT2D eigenvalue weighted by atomic mass is 10.1. The molecule has 3 aromatic carbocycles. The van der Waals surface area contributed by atoms with E-state index in [1.165, 1.54) is 0 Å². The number of anilines is 3. The van der Waals surface area contributed by atoms with E-state index in [4.69, 9.17) is 0 Å². The third-order valence-corrected chi connectivity index (χ3v) is 5.01. The maximum absolute atomic E-state index is 11.9. The zero-order valence-corrected chi connectivity index (χ0v) is 14.7. The van der Waals surface area contributed by atoms with E-state index in [9.17, 15) is 14.7 Å². The van der Waals surface area contributed by atoms with Crippen LogP contribution >= 0.6 is 11.3 Å². The molecule has 1 heterocycles. The highest BCUT2D eigenvalue weighted by Gasteiger charge is 2.21. The topological polar surface area (TPSA) is 91.3 Å². The van der Waals surface area contributed by atoms with Crippen molar-refractivity contribution in [1.82, 2.24) is 4.98 Å². The largest absolute Gasteiger partial charge is 0.508 e. The molecule has 4 rings (SSSR count). The molecule has 7 heteroatoms. The normalized spacial score (nSPS) is 11.1. The molecule has 0 amide bonds. The molecule has 0 radical (unpaired) electrons. The van der Waals surface area contributed by atoms with E-state index < -0.39 is 10.9 Å². The van der Waals surface area contributed by atoms with Gasteiger partial charge in [-0.15, -0.1) is 11.3 Å². The van der Waals surface area contributed by atoms with E-state index in [2.05, 4.69) is 15.6 Å². The van der Waals surface area contributed by atoms with Gasteiger partial charge in [0.2, 0.25) is 0 Å². The number of fused-ring (bicyclic) bond motifs is 1. The van der Waals surface area contributed by atoms with Gasteiger partial charge < -0.3 is 15.7 Å². The minimum atomic E-state index is -0.544. The maximum atomic E-state index is 11.9. The minimum Gasteiger partial charge on any atom is -0.508 e. The summed E-state index contributed by atoms with van der Waals surface area (Å²) in [6, 6.07) is 12.4. The van der Waals surface area contributed by atoms with Crippen molar-refractivity contribution in [3.63, 3.8) is 0 Å². The number of benzene rings is 2. The first kappa shape index (κ1) is 16.3. The number of hydrogen-bond acceptors (Lipinski definition) is 7. The van der Waals surface area contributed by atoms with Crippen LogP contribution in [0.5, 0.6) is 5.75 Å². The van der Waals surface area contributed by atoms with Crippen LogP contribution in [0.4, 0.5) is 17.1 Å². The molecule has 0 atom stereocenters.